The number of thioether (sulfide) groups is 1. The fourth-order valence-corrected chi connectivity index (χ4v) is 3.00. The van der Waals surface area contributed by atoms with Crippen LogP contribution in [0.25, 0.3) is 0 Å². The molecule has 1 aliphatic heterocycles. The van der Waals surface area contributed by atoms with Gasteiger partial charge in [0, 0.05) is 18.0 Å². The van der Waals surface area contributed by atoms with E-state index in [1.165, 1.54) is 0 Å². The van der Waals surface area contributed by atoms with E-state index in [0.29, 0.717) is 12.1 Å². The van der Waals surface area contributed by atoms with E-state index in [9.17, 15) is 9.59 Å². The Morgan fingerprint density at radius 3 is 2.50 bits per heavy atom. The van der Waals surface area contributed by atoms with E-state index in [1.807, 2.05) is 37.8 Å². The van der Waals surface area contributed by atoms with Crippen LogP contribution < -0.4 is 5.32 Å². The van der Waals surface area contributed by atoms with Crippen molar-refractivity contribution >= 4 is 29.4 Å². The average Bonchev–Trinajstić information content (AvgIpc) is 2.92. The molecule has 1 heterocycles. The molecule has 1 aliphatic rings. The number of carbonyl (C=O) groups excluding carboxylic acids is 2. The smallest absolute Gasteiger partial charge is 0.412 e. The predicted octanol–water partition coefficient (Wildman–Crippen LogP) is 3.11. The van der Waals surface area contributed by atoms with Crippen LogP contribution in [-0.2, 0) is 16.0 Å². The highest BCUT2D eigenvalue weighted by molar-refractivity contribution is 7.99. The highest BCUT2D eigenvalue weighted by Gasteiger charge is 2.19. The number of nitrogens with zero attached hydrogens (tertiary/aromatic N) is 1. The highest BCUT2D eigenvalue weighted by Crippen LogP contribution is 2.17. The maximum absolute atomic E-state index is 12.1. The number of rotatable bonds is 3. The molecule has 1 N–H and O–H groups in total. The third kappa shape index (κ3) is 5.26. The molecule has 0 unspecified atom stereocenters. The quantitative estimate of drug-likeness (QED) is 0.929. The molecule has 1 fully saturated rings. The zero-order valence-corrected chi connectivity index (χ0v) is 14.0. The van der Waals surface area contributed by atoms with E-state index in [4.69, 9.17) is 4.74 Å². The summed E-state index contributed by atoms with van der Waals surface area (Å²) in [4.78, 5) is 25.6. The van der Waals surface area contributed by atoms with Gasteiger partial charge in [0.05, 0.1) is 12.3 Å². The Hall–Kier alpha value is -1.69. The van der Waals surface area contributed by atoms with Gasteiger partial charge in [0.2, 0.25) is 5.91 Å². The van der Waals surface area contributed by atoms with E-state index in [0.717, 1.165) is 23.7 Å². The third-order valence-corrected chi connectivity index (χ3v) is 4.03. The van der Waals surface area contributed by atoms with E-state index >= 15 is 0 Å². The van der Waals surface area contributed by atoms with Gasteiger partial charge in [-0.3, -0.25) is 10.1 Å². The second kappa shape index (κ2) is 7.05. The second-order valence-corrected chi connectivity index (χ2v) is 7.27. The van der Waals surface area contributed by atoms with Crippen LogP contribution in [0.5, 0.6) is 0 Å². The summed E-state index contributed by atoms with van der Waals surface area (Å²) >= 11 is 1.78. The lowest BCUT2D eigenvalue weighted by Gasteiger charge is -2.19. The topological polar surface area (TPSA) is 58.6 Å². The molecule has 1 saturated heterocycles. The van der Waals surface area contributed by atoms with Gasteiger partial charge in [-0.05, 0) is 38.5 Å². The van der Waals surface area contributed by atoms with Crippen molar-refractivity contribution in [2.75, 3.05) is 23.5 Å². The van der Waals surface area contributed by atoms with E-state index in [-0.39, 0.29) is 5.91 Å². The maximum atomic E-state index is 12.1. The minimum absolute atomic E-state index is 0.151. The molecule has 0 spiro atoms. The van der Waals surface area contributed by atoms with Gasteiger partial charge in [-0.15, -0.1) is 11.8 Å². The first-order valence-corrected chi connectivity index (χ1v) is 8.43. The average molecular weight is 322 g/mol. The summed E-state index contributed by atoms with van der Waals surface area (Å²) in [5.41, 5.74) is 1.07. The van der Waals surface area contributed by atoms with Crippen molar-refractivity contribution in [1.29, 1.82) is 0 Å². The minimum atomic E-state index is -0.524. The fraction of sp³-hybridized carbons (Fsp3) is 0.500. The van der Waals surface area contributed by atoms with Gasteiger partial charge in [0.1, 0.15) is 5.60 Å². The molecule has 22 heavy (non-hydrogen) atoms. The van der Waals surface area contributed by atoms with E-state index in [2.05, 4.69) is 5.32 Å². The lowest BCUT2D eigenvalue weighted by Crippen LogP contribution is -2.29. The normalized spacial score (nSPS) is 14.8. The summed E-state index contributed by atoms with van der Waals surface area (Å²) in [5, 5.41) is 2.67. The van der Waals surface area contributed by atoms with Crippen molar-refractivity contribution in [3.63, 3.8) is 0 Å². The zero-order valence-electron chi connectivity index (χ0n) is 13.2. The Morgan fingerprint density at radius 2 is 1.95 bits per heavy atom. The summed E-state index contributed by atoms with van der Waals surface area (Å²) < 4.78 is 5.19. The summed E-state index contributed by atoms with van der Waals surface area (Å²) in [6, 6.07) is 7.28. The number of hydrogen-bond donors (Lipinski definition) is 1. The van der Waals surface area contributed by atoms with Gasteiger partial charge in [0.25, 0.3) is 0 Å². The molecule has 0 bridgehead atoms. The fourth-order valence-electron chi connectivity index (χ4n) is 2.02. The number of nitrogens with one attached hydrogen (secondary N) is 1. The largest absolute Gasteiger partial charge is 0.444 e. The first-order valence-electron chi connectivity index (χ1n) is 7.28. The molecule has 1 aromatic carbocycles. The van der Waals surface area contributed by atoms with Crippen LogP contribution in [0, 0.1) is 0 Å². The van der Waals surface area contributed by atoms with Crippen LogP contribution in [-0.4, -0.2) is 40.7 Å². The van der Waals surface area contributed by atoms with Crippen LogP contribution in [0.4, 0.5) is 10.5 Å². The molecule has 120 valence electrons. The molecule has 0 radical (unpaired) electrons. The lowest BCUT2D eigenvalue weighted by atomic mass is 10.1. The number of amides is 2. The van der Waals surface area contributed by atoms with Crippen molar-refractivity contribution in [3.05, 3.63) is 29.8 Å². The van der Waals surface area contributed by atoms with Crippen molar-refractivity contribution < 1.29 is 14.3 Å². The molecule has 2 amide bonds. The van der Waals surface area contributed by atoms with Gasteiger partial charge in [-0.25, -0.2) is 4.79 Å². The Labute approximate surface area is 135 Å². The van der Waals surface area contributed by atoms with Gasteiger partial charge in [-0.1, -0.05) is 12.1 Å². The molecule has 0 aliphatic carbocycles. The van der Waals surface area contributed by atoms with Crippen LogP contribution >= 0.6 is 11.8 Å². The van der Waals surface area contributed by atoms with E-state index < -0.39 is 11.7 Å². The third-order valence-electron chi connectivity index (χ3n) is 3.06. The monoisotopic (exact) mass is 322 g/mol. The standard InChI is InChI=1S/C16H22N2O3S/c1-16(2,3)21-15(20)17-13-6-4-12(5-7-13)10-14(19)18-8-9-22-11-18/h4-7H,8-11H2,1-3H3,(H,17,20). The molecule has 0 atom stereocenters. The highest BCUT2D eigenvalue weighted by atomic mass is 32.2. The summed E-state index contributed by atoms with van der Waals surface area (Å²) in [7, 11) is 0. The van der Waals surface area contributed by atoms with Crippen molar-refractivity contribution in [2.45, 2.75) is 32.8 Å². The molecule has 0 aromatic heterocycles. The maximum Gasteiger partial charge on any atom is 0.412 e. The van der Waals surface area contributed by atoms with E-state index in [1.54, 1.807) is 23.9 Å². The lowest BCUT2D eigenvalue weighted by molar-refractivity contribution is -0.129. The van der Waals surface area contributed by atoms with Crippen LogP contribution in [0.2, 0.25) is 0 Å². The number of carbonyl (C=O) groups is 2. The summed E-state index contributed by atoms with van der Waals surface area (Å²) in [5.74, 6) is 1.96. The van der Waals surface area contributed by atoms with Gasteiger partial charge in [-0.2, -0.15) is 0 Å². The number of benzene rings is 1. The molecule has 5 nitrogen and oxygen atoms in total. The second-order valence-electron chi connectivity index (χ2n) is 6.20. The van der Waals surface area contributed by atoms with Crippen molar-refractivity contribution in [1.82, 2.24) is 4.90 Å². The van der Waals surface area contributed by atoms with Crippen LogP contribution in [0.3, 0.4) is 0 Å². The molecular formula is C16H22N2O3S. The predicted molar refractivity (Wildman–Crippen MR) is 89.0 cm³/mol. The minimum Gasteiger partial charge on any atom is -0.444 e. The summed E-state index contributed by atoms with van der Waals surface area (Å²) in [6.45, 7) is 6.29. The Morgan fingerprint density at radius 1 is 1.27 bits per heavy atom. The zero-order chi connectivity index (χ0) is 16.2. The Balaban J connectivity index is 1.87. The Kier molecular flexibility index (Phi) is 5.34. The number of hydrogen-bond acceptors (Lipinski definition) is 4. The van der Waals surface area contributed by atoms with Crippen LogP contribution in [0.15, 0.2) is 24.3 Å². The summed E-state index contributed by atoms with van der Waals surface area (Å²) in [6.07, 6.45) is -0.0850. The molecular weight excluding hydrogens is 300 g/mol. The van der Waals surface area contributed by atoms with Crippen molar-refractivity contribution in [2.24, 2.45) is 0 Å². The van der Waals surface area contributed by atoms with Gasteiger partial charge in [0.15, 0.2) is 0 Å². The molecule has 6 heteroatoms. The SMILES string of the molecule is CC(C)(C)OC(=O)Nc1ccc(CC(=O)N2CCSC2)cc1. The van der Waals surface area contributed by atoms with Gasteiger partial charge >= 0.3 is 6.09 Å². The number of anilines is 1. The van der Waals surface area contributed by atoms with Crippen LogP contribution in [0.1, 0.15) is 26.3 Å². The first-order chi connectivity index (χ1) is 10.3. The van der Waals surface area contributed by atoms with Gasteiger partial charge < -0.3 is 9.64 Å². The molecule has 2 rings (SSSR count). The Bertz CT molecular complexity index is 531. The molecule has 0 saturated carbocycles. The molecule has 1 aromatic rings. The first kappa shape index (κ1) is 16.7. The number of ether oxygens (including phenoxy) is 1. The van der Waals surface area contributed by atoms with Crippen molar-refractivity contribution in [3.8, 4) is 0 Å².